The van der Waals surface area contributed by atoms with Crippen LogP contribution in [0.4, 0.5) is 5.69 Å². The molecular formula is C17H25N3O3. The molecule has 1 aromatic rings. The molecule has 2 aliphatic rings. The standard InChI is InChI=1S/C17H25N3O3/c1-14-2-3-16-15(12-14)20(9-11-23-16)13-17(22)19-6-4-18(5-7-19)8-10-21/h2-3,12,21H,4-11,13H2,1H3. The summed E-state index contributed by atoms with van der Waals surface area (Å²) in [6, 6.07) is 6.10. The van der Waals surface area contributed by atoms with Crippen molar-refractivity contribution in [3.63, 3.8) is 0 Å². The van der Waals surface area contributed by atoms with Gasteiger partial charge in [0.1, 0.15) is 12.4 Å². The molecule has 1 N–H and O–H groups in total. The zero-order chi connectivity index (χ0) is 16.2. The first-order chi connectivity index (χ1) is 11.2. The van der Waals surface area contributed by atoms with Crippen molar-refractivity contribution >= 4 is 11.6 Å². The Kier molecular flexibility index (Phi) is 5.03. The Morgan fingerprint density at radius 1 is 1.22 bits per heavy atom. The number of rotatable bonds is 4. The van der Waals surface area contributed by atoms with E-state index in [0.29, 0.717) is 19.7 Å². The average molecular weight is 319 g/mol. The van der Waals surface area contributed by atoms with Gasteiger partial charge in [-0.1, -0.05) is 6.07 Å². The molecular weight excluding hydrogens is 294 g/mol. The van der Waals surface area contributed by atoms with Crippen LogP contribution in [-0.4, -0.2) is 79.8 Å². The van der Waals surface area contributed by atoms with Gasteiger partial charge in [-0.15, -0.1) is 0 Å². The Hall–Kier alpha value is -1.79. The van der Waals surface area contributed by atoms with Gasteiger partial charge in [-0.3, -0.25) is 9.69 Å². The van der Waals surface area contributed by atoms with Crippen LogP contribution in [0.5, 0.6) is 5.75 Å². The zero-order valence-electron chi connectivity index (χ0n) is 13.7. The molecule has 23 heavy (non-hydrogen) atoms. The Morgan fingerprint density at radius 2 is 2.00 bits per heavy atom. The highest BCUT2D eigenvalue weighted by Crippen LogP contribution is 2.32. The van der Waals surface area contributed by atoms with E-state index in [1.54, 1.807) is 0 Å². The maximum Gasteiger partial charge on any atom is 0.242 e. The molecule has 6 heteroatoms. The molecule has 0 aliphatic carbocycles. The molecule has 1 aromatic carbocycles. The van der Waals surface area contributed by atoms with Crippen molar-refractivity contribution in [2.75, 3.05) is 63.9 Å². The normalized spacial score (nSPS) is 18.5. The van der Waals surface area contributed by atoms with Crippen molar-refractivity contribution < 1.29 is 14.6 Å². The molecule has 1 saturated heterocycles. The van der Waals surface area contributed by atoms with Crippen LogP contribution in [0.2, 0.25) is 0 Å². The Balaban J connectivity index is 1.60. The lowest BCUT2D eigenvalue weighted by Crippen LogP contribution is -2.52. The summed E-state index contributed by atoms with van der Waals surface area (Å²) < 4.78 is 5.68. The number of β-amino-alcohol motifs (C(OH)–C–C–N with tert-alkyl or cyclic N) is 1. The van der Waals surface area contributed by atoms with Crippen LogP contribution in [0.25, 0.3) is 0 Å². The molecule has 1 amide bonds. The number of aliphatic hydroxyl groups is 1. The first kappa shape index (κ1) is 16.1. The van der Waals surface area contributed by atoms with Gasteiger partial charge in [0, 0.05) is 32.7 Å². The number of anilines is 1. The van der Waals surface area contributed by atoms with Gasteiger partial charge in [0.25, 0.3) is 0 Å². The van der Waals surface area contributed by atoms with E-state index in [9.17, 15) is 4.79 Å². The van der Waals surface area contributed by atoms with Crippen LogP contribution in [0.1, 0.15) is 5.56 Å². The van der Waals surface area contributed by atoms with Crippen LogP contribution >= 0.6 is 0 Å². The fourth-order valence-corrected chi connectivity index (χ4v) is 3.17. The maximum absolute atomic E-state index is 12.6. The highest BCUT2D eigenvalue weighted by Gasteiger charge is 2.25. The van der Waals surface area contributed by atoms with Gasteiger partial charge >= 0.3 is 0 Å². The number of amides is 1. The summed E-state index contributed by atoms with van der Waals surface area (Å²) in [6.45, 7) is 7.84. The lowest BCUT2D eigenvalue weighted by Gasteiger charge is -2.37. The predicted molar refractivity (Wildman–Crippen MR) is 89.0 cm³/mol. The number of hydrogen-bond donors (Lipinski definition) is 1. The first-order valence-electron chi connectivity index (χ1n) is 8.27. The number of fused-ring (bicyclic) bond motifs is 1. The van der Waals surface area contributed by atoms with Crippen molar-refractivity contribution in [2.24, 2.45) is 0 Å². The number of benzene rings is 1. The number of ether oxygens (including phenoxy) is 1. The highest BCUT2D eigenvalue weighted by molar-refractivity contribution is 5.82. The highest BCUT2D eigenvalue weighted by atomic mass is 16.5. The molecule has 2 heterocycles. The summed E-state index contributed by atoms with van der Waals surface area (Å²) in [5.74, 6) is 1.03. The van der Waals surface area contributed by atoms with Gasteiger partial charge < -0.3 is 19.6 Å². The molecule has 6 nitrogen and oxygen atoms in total. The molecule has 126 valence electrons. The molecule has 0 atom stereocenters. The summed E-state index contributed by atoms with van der Waals surface area (Å²) in [5.41, 5.74) is 2.19. The van der Waals surface area contributed by atoms with Crippen molar-refractivity contribution in [2.45, 2.75) is 6.92 Å². The monoisotopic (exact) mass is 319 g/mol. The minimum atomic E-state index is 0.169. The summed E-state index contributed by atoms with van der Waals surface area (Å²) in [6.07, 6.45) is 0. The van der Waals surface area contributed by atoms with E-state index in [4.69, 9.17) is 9.84 Å². The SMILES string of the molecule is Cc1ccc2c(c1)N(CC(=O)N1CCN(CCO)CC1)CCO2. The molecule has 0 unspecified atom stereocenters. The van der Waals surface area contributed by atoms with E-state index in [-0.39, 0.29) is 12.5 Å². The summed E-state index contributed by atoms with van der Waals surface area (Å²) >= 11 is 0. The van der Waals surface area contributed by atoms with Crippen LogP contribution in [0.15, 0.2) is 18.2 Å². The summed E-state index contributed by atoms with van der Waals surface area (Å²) in [7, 11) is 0. The maximum atomic E-state index is 12.6. The second-order valence-electron chi connectivity index (χ2n) is 6.19. The van der Waals surface area contributed by atoms with Gasteiger partial charge in [-0.25, -0.2) is 0 Å². The molecule has 0 radical (unpaired) electrons. The minimum absolute atomic E-state index is 0.169. The van der Waals surface area contributed by atoms with E-state index < -0.39 is 0 Å². The Labute approximate surface area is 137 Å². The predicted octanol–water partition coefficient (Wildman–Crippen LogP) is 0.330. The fraction of sp³-hybridized carbons (Fsp3) is 0.588. The fourth-order valence-electron chi connectivity index (χ4n) is 3.17. The van der Waals surface area contributed by atoms with E-state index in [1.807, 2.05) is 17.0 Å². The van der Waals surface area contributed by atoms with Gasteiger partial charge in [-0.05, 0) is 24.6 Å². The Morgan fingerprint density at radius 3 is 2.74 bits per heavy atom. The third kappa shape index (κ3) is 3.76. The first-order valence-corrected chi connectivity index (χ1v) is 8.27. The number of carbonyl (C=O) groups is 1. The molecule has 0 aromatic heterocycles. The van der Waals surface area contributed by atoms with Crippen molar-refractivity contribution in [3.8, 4) is 5.75 Å². The third-order valence-corrected chi connectivity index (χ3v) is 4.54. The summed E-state index contributed by atoms with van der Waals surface area (Å²) in [4.78, 5) is 18.8. The molecule has 0 spiro atoms. The topological polar surface area (TPSA) is 56.3 Å². The van der Waals surface area contributed by atoms with Crippen LogP contribution < -0.4 is 9.64 Å². The van der Waals surface area contributed by atoms with E-state index in [0.717, 1.165) is 44.2 Å². The van der Waals surface area contributed by atoms with Gasteiger partial charge in [-0.2, -0.15) is 0 Å². The zero-order valence-corrected chi connectivity index (χ0v) is 13.7. The lowest BCUT2D eigenvalue weighted by atomic mass is 10.1. The van der Waals surface area contributed by atoms with Crippen molar-refractivity contribution in [1.82, 2.24) is 9.80 Å². The molecule has 1 fully saturated rings. The van der Waals surface area contributed by atoms with Gasteiger partial charge in [0.15, 0.2) is 0 Å². The number of carbonyl (C=O) groups excluding carboxylic acids is 1. The number of hydrogen-bond acceptors (Lipinski definition) is 5. The lowest BCUT2D eigenvalue weighted by molar-refractivity contribution is -0.131. The van der Waals surface area contributed by atoms with E-state index >= 15 is 0 Å². The van der Waals surface area contributed by atoms with Gasteiger partial charge in [0.05, 0.1) is 25.4 Å². The Bertz CT molecular complexity index is 556. The minimum Gasteiger partial charge on any atom is -0.490 e. The second kappa shape index (κ2) is 7.19. The van der Waals surface area contributed by atoms with Crippen LogP contribution in [-0.2, 0) is 4.79 Å². The van der Waals surface area contributed by atoms with Crippen molar-refractivity contribution in [1.29, 1.82) is 0 Å². The quantitative estimate of drug-likeness (QED) is 0.867. The number of aryl methyl sites for hydroxylation is 1. The molecule has 0 bridgehead atoms. The van der Waals surface area contributed by atoms with E-state index in [2.05, 4.69) is 22.8 Å². The van der Waals surface area contributed by atoms with Crippen molar-refractivity contribution in [3.05, 3.63) is 23.8 Å². The summed E-state index contributed by atoms with van der Waals surface area (Å²) in [5, 5.41) is 8.98. The third-order valence-electron chi connectivity index (χ3n) is 4.54. The van der Waals surface area contributed by atoms with Crippen LogP contribution in [0.3, 0.4) is 0 Å². The number of nitrogens with zero attached hydrogens (tertiary/aromatic N) is 3. The van der Waals surface area contributed by atoms with Gasteiger partial charge in [0.2, 0.25) is 5.91 Å². The average Bonchev–Trinajstić information content (AvgIpc) is 2.56. The molecule has 3 rings (SSSR count). The van der Waals surface area contributed by atoms with Crippen LogP contribution in [0, 0.1) is 6.92 Å². The number of aliphatic hydroxyl groups excluding tert-OH is 1. The largest absolute Gasteiger partial charge is 0.490 e. The van der Waals surface area contributed by atoms with E-state index in [1.165, 1.54) is 5.56 Å². The second-order valence-corrected chi connectivity index (χ2v) is 6.19. The number of piperazine rings is 1. The molecule has 2 aliphatic heterocycles. The smallest absolute Gasteiger partial charge is 0.242 e. The molecule has 0 saturated carbocycles.